The van der Waals surface area contributed by atoms with Crippen LogP contribution in [0.1, 0.15) is 17.5 Å². The minimum atomic E-state index is -0.349. The number of hydrogen-bond acceptors (Lipinski definition) is 0. The zero-order valence-corrected chi connectivity index (χ0v) is 13.9. The van der Waals surface area contributed by atoms with Gasteiger partial charge in [-0.05, 0) is 68.3 Å². The third-order valence-corrected chi connectivity index (χ3v) is 3.77. The van der Waals surface area contributed by atoms with Gasteiger partial charge in [-0.15, -0.1) is 0 Å². The van der Waals surface area contributed by atoms with Crippen LogP contribution in [0.5, 0.6) is 0 Å². The zero-order valence-electron chi connectivity index (χ0n) is 10.7. The number of rotatable bonds is 0. The molecule has 0 spiro atoms. The lowest BCUT2D eigenvalue weighted by atomic mass is 10.2. The van der Waals surface area contributed by atoms with E-state index in [0.29, 0.717) is 26.5 Å². The largest absolute Gasteiger partial charge is 0.206 e. The molecule has 0 atom stereocenters. The van der Waals surface area contributed by atoms with Gasteiger partial charge < -0.3 is 0 Å². The summed E-state index contributed by atoms with van der Waals surface area (Å²) in [5, 5.41) is 0. The predicted octanol–water partition coefficient (Wildman–Crippen LogP) is 5.28. The van der Waals surface area contributed by atoms with Crippen LogP contribution >= 0.6 is 31.9 Å². The lowest BCUT2D eigenvalue weighted by Gasteiger charge is -1.94. The molecule has 0 amide bonds. The summed E-state index contributed by atoms with van der Waals surface area (Å²) in [5.74, 6) is 10.6. The molecular formula is C17H8Br2F2. The van der Waals surface area contributed by atoms with Crippen LogP contribution in [0, 0.1) is 35.3 Å². The van der Waals surface area contributed by atoms with Crippen LogP contribution in [0.25, 0.3) is 0 Å². The molecule has 4 heteroatoms. The fourth-order valence-corrected chi connectivity index (χ4v) is 1.98. The molecule has 0 nitrogen and oxygen atoms in total. The minimum Gasteiger partial charge on any atom is -0.206 e. The Kier molecular flexibility index (Phi) is 5.56. The highest BCUT2D eigenvalue weighted by Gasteiger charge is 1.98. The normalized spacial score (nSPS) is 9.33. The van der Waals surface area contributed by atoms with Crippen LogP contribution in [0.3, 0.4) is 0 Å². The van der Waals surface area contributed by atoms with Crippen molar-refractivity contribution in [3.63, 3.8) is 0 Å². The van der Waals surface area contributed by atoms with Gasteiger partial charge in [-0.1, -0.05) is 23.7 Å². The van der Waals surface area contributed by atoms with E-state index in [2.05, 4.69) is 55.5 Å². The van der Waals surface area contributed by atoms with E-state index in [9.17, 15) is 8.78 Å². The first-order chi connectivity index (χ1) is 10.1. The fourth-order valence-electron chi connectivity index (χ4n) is 1.48. The van der Waals surface area contributed by atoms with Crippen molar-refractivity contribution in [1.29, 1.82) is 0 Å². The first-order valence-corrected chi connectivity index (χ1v) is 7.53. The SMILES string of the molecule is Fc1cc(C#CCC#Cc2ccc(Br)c(F)c2)ccc1Br. The zero-order chi connectivity index (χ0) is 15.2. The van der Waals surface area contributed by atoms with Gasteiger partial charge in [0.2, 0.25) is 0 Å². The molecule has 21 heavy (non-hydrogen) atoms. The van der Waals surface area contributed by atoms with E-state index in [1.807, 2.05) is 0 Å². The molecular weight excluding hydrogens is 402 g/mol. The van der Waals surface area contributed by atoms with E-state index < -0.39 is 0 Å². The second kappa shape index (κ2) is 7.41. The topological polar surface area (TPSA) is 0 Å². The van der Waals surface area contributed by atoms with Gasteiger partial charge in [-0.2, -0.15) is 0 Å². The highest BCUT2D eigenvalue weighted by Crippen LogP contribution is 2.16. The average Bonchev–Trinajstić information content (AvgIpc) is 2.46. The van der Waals surface area contributed by atoms with Crippen LogP contribution in [-0.4, -0.2) is 0 Å². The lowest BCUT2D eigenvalue weighted by molar-refractivity contribution is 0.620. The minimum absolute atomic E-state index is 0.329. The van der Waals surface area contributed by atoms with Gasteiger partial charge in [0, 0.05) is 11.1 Å². The summed E-state index contributed by atoms with van der Waals surface area (Å²) in [6, 6.07) is 9.36. The summed E-state index contributed by atoms with van der Waals surface area (Å²) in [6.07, 6.45) is 0.329. The van der Waals surface area contributed by atoms with Gasteiger partial charge in [-0.3, -0.25) is 0 Å². The molecule has 2 aromatic carbocycles. The van der Waals surface area contributed by atoms with Crippen molar-refractivity contribution in [2.75, 3.05) is 0 Å². The molecule has 0 aliphatic rings. The summed E-state index contributed by atoms with van der Waals surface area (Å²) < 4.78 is 27.3. The second-order valence-corrected chi connectivity index (χ2v) is 5.75. The first kappa shape index (κ1) is 15.8. The molecule has 0 N–H and O–H groups in total. The quantitative estimate of drug-likeness (QED) is 0.519. The number of halogens is 4. The van der Waals surface area contributed by atoms with Crippen LogP contribution in [0.2, 0.25) is 0 Å². The van der Waals surface area contributed by atoms with E-state index in [4.69, 9.17) is 0 Å². The predicted molar refractivity (Wildman–Crippen MR) is 86.6 cm³/mol. The Morgan fingerprint density at radius 3 is 1.57 bits per heavy atom. The van der Waals surface area contributed by atoms with Crippen molar-refractivity contribution in [2.24, 2.45) is 0 Å². The third kappa shape index (κ3) is 4.70. The summed E-state index contributed by atoms with van der Waals surface area (Å²) >= 11 is 6.16. The lowest BCUT2D eigenvalue weighted by Crippen LogP contribution is -1.80. The Labute approximate surface area is 138 Å². The summed E-state index contributed by atoms with van der Waals surface area (Å²) in [6.45, 7) is 0. The van der Waals surface area contributed by atoms with Gasteiger partial charge in [0.05, 0.1) is 15.4 Å². The maximum Gasteiger partial charge on any atom is 0.138 e. The van der Waals surface area contributed by atoms with Crippen molar-refractivity contribution in [1.82, 2.24) is 0 Å². The highest BCUT2D eigenvalue weighted by atomic mass is 79.9. The summed E-state index contributed by atoms with van der Waals surface area (Å²) in [5.41, 5.74) is 1.18. The van der Waals surface area contributed by atoms with E-state index in [-0.39, 0.29) is 11.6 Å². The van der Waals surface area contributed by atoms with Crippen LogP contribution < -0.4 is 0 Å². The molecule has 2 aromatic rings. The maximum absolute atomic E-state index is 13.3. The van der Waals surface area contributed by atoms with Gasteiger partial charge in [0.1, 0.15) is 11.6 Å². The Hall–Kier alpha value is -1.62. The van der Waals surface area contributed by atoms with Crippen molar-refractivity contribution in [3.05, 3.63) is 68.1 Å². The van der Waals surface area contributed by atoms with Gasteiger partial charge in [0.15, 0.2) is 0 Å². The third-order valence-electron chi connectivity index (χ3n) is 2.48. The highest BCUT2D eigenvalue weighted by molar-refractivity contribution is 9.10. The first-order valence-electron chi connectivity index (χ1n) is 5.94. The molecule has 0 aliphatic heterocycles. The van der Waals surface area contributed by atoms with Gasteiger partial charge >= 0.3 is 0 Å². The van der Waals surface area contributed by atoms with Crippen molar-refractivity contribution in [3.8, 4) is 23.7 Å². The standard InChI is InChI=1S/C17H8Br2F2/c18-14-8-6-12(10-16(14)20)4-2-1-3-5-13-7-9-15(19)17(21)11-13/h6-11H,1H2. The van der Waals surface area contributed by atoms with Gasteiger partial charge in [-0.25, -0.2) is 8.78 Å². The van der Waals surface area contributed by atoms with Crippen LogP contribution in [-0.2, 0) is 0 Å². The molecule has 0 bridgehead atoms. The number of benzene rings is 2. The fraction of sp³-hybridized carbons (Fsp3) is 0.0588. The van der Waals surface area contributed by atoms with Crippen molar-refractivity contribution >= 4 is 31.9 Å². The van der Waals surface area contributed by atoms with E-state index in [1.54, 1.807) is 24.3 Å². The molecule has 0 saturated carbocycles. The Morgan fingerprint density at radius 2 is 1.19 bits per heavy atom. The van der Waals surface area contributed by atoms with Crippen molar-refractivity contribution < 1.29 is 8.78 Å². The smallest absolute Gasteiger partial charge is 0.138 e. The summed E-state index contributed by atoms with van der Waals surface area (Å²) in [7, 11) is 0. The van der Waals surface area contributed by atoms with Crippen molar-refractivity contribution in [2.45, 2.75) is 6.42 Å². The molecule has 2 rings (SSSR count). The summed E-state index contributed by atoms with van der Waals surface area (Å²) in [4.78, 5) is 0. The second-order valence-electron chi connectivity index (χ2n) is 4.04. The number of hydrogen-bond donors (Lipinski definition) is 0. The average molecular weight is 410 g/mol. The Balaban J connectivity index is 2.02. The molecule has 0 aromatic heterocycles. The van der Waals surface area contributed by atoms with E-state index in [0.717, 1.165) is 0 Å². The molecule has 0 saturated heterocycles. The molecule has 0 aliphatic carbocycles. The molecule has 104 valence electrons. The molecule has 0 radical (unpaired) electrons. The van der Waals surface area contributed by atoms with Gasteiger partial charge in [0.25, 0.3) is 0 Å². The monoisotopic (exact) mass is 408 g/mol. The molecule has 0 unspecified atom stereocenters. The maximum atomic E-state index is 13.3. The molecule has 0 heterocycles. The van der Waals surface area contributed by atoms with Crippen LogP contribution in [0.4, 0.5) is 8.78 Å². The molecule has 0 fully saturated rings. The Bertz CT molecular complexity index is 722. The Morgan fingerprint density at radius 1 is 0.762 bits per heavy atom. The van der Waals surface area contributed by atoms with Crippen LogP contribution in [0.15, 0.2) is 45.3 Å². The van der Waals surface area contributed by atoms with E-state index >= 15 is 0 Å². The van der Waals surface area contributed by atoms with E-state index in [1.165, 1.54) is 12.1 Å².